The van der Waals surface area contributed by atoms with Crippen molar-refractivity contribution >= 4 is 26.8 Å². The summed E-state index contributed by atoms with van der Waals surface area (Å²) >= 11 is 3.47. The van der Waals surface area contributed by atoms with E-state index >= 15 is 0 Å². The lowest BCUT2D eigenvalue weighted by atomic mass is 9.78. The van der Waals surface area contributed by atoms with Crippen molar-refractivity contribution in [2.75, 3.05) is 0 Å². The molecule has 2 aromatic carbocycles. The Kier molecular flexibility index (Phi) is 4.95. The highest BCUT2D eigenvalue weighted by molar-refractivity contribution is 9.10. The normalized spacial score (nSPS) is 14.7. The van der Waals surface area contributed by atoms with Crippen LogP contribution in [0.5, 0.6) is 0 Å². The quantitative estimate of drug-likeness (QED) is 0.479. The standard InChI is InChI=1S/C21H18BrFN4O/c1-21(28,14-3-6-16(23)7-4-14)17(11-20-24-12-25-27-20)19-8-2-13-10-15(22)5-9-18(13)26-19/h2-10,12,17,28H,11H2,1H3,(H,24,25,27). The molecule has 2 atom stereocenters. The molecule has 2 unspecified atom stereocenters. The second-order valence-electron chi connectivity index (χ2n) is 6.90. The van der Waals surface area contributed by atoms with Crippen molar-refractivity contribution < 1.29 is 9.50 Å². The van der Waals surface area contributed by atoms with E-state index in [0.717, 1.165) is 15.4 Å². The number of pyridine rings is 1. The van der Waals surface area contributed by atoms with E-state index in [-0.39, 0.29) is 5.82 Å². The second-order valence-corrected chi connectivity index (χ2v) is 7.82. The second kappa shape index (κ2) is 7.41. The average molecular weight is 441 g/mol. The molecule has 0 bridgehead atoms. The van der Waals surface area contributed by atoms with Gasteiger partial charge in [-0.15, -0.1) is 0 Å². The van der Waals surface area contributed by atoms with E-state index in [1.165, 1.54) is 18.5 Å². The van der Waals surface area contributed by atoms with Crippen molar-refractivity contribution in [1.82, 2.24) is 20.2 Å². The summed E-state index contributed by atoms with van der Waals surface area (Å²) in [5.41, 5.74) is 0.848. The monoisotopic (exact) mass is 440 g/mol. The molecule has 0 saturated heterocycles. The molecule has 0 radical (unpaired) electrons. The fourth-order valence-corrected chi connectivity index (χ4v) is 3.78. The van der Waals surface area contributed by atoms with Gasteiger partial charge in [0.25, 0.3) is 0 Å². The number of fused-ring (bicyclic) bond motifs is 1. The predicted molar refractivity (Wildman–Crippen MR) is 108 cm³/mol. The summed E-state index contributed by atoms with van der Waals surface area (Å²) in [5, 5.41) is 19.3. The molecule has 4 aromatic rings. The Morgan fingerprint density at radius 3 is 2.64 bits per heavy atom. The lowest BCUT2D eigenvalue weighted by Crippen LogP contribution is -2.32. The Morgan fingerprint density at radius 1 is 1.14 bits per heavy atom. The molecule has 142 valence electrons. The van der Waals surface area contributed by atoms with Crippen molar-refractivity contribution in [1.29, 1.82) is 0 Å². The molecule has 2 heterocycles. The maximum absolute atomic E-state index is 13.4. The van der Waals surface area contributed by atoms with E-state index < -0.39 is 11.5 Å². The summed E-state index contributed by atoms with van der Waals surface area (Å²) in [7, 11) is 0. The summed E-state index contributed by atoms with van der Waals surface area (Å²) in [6.07, 6.45) is 1.88. The number of halogens is 2. The molecule has 0 aliphatic rings. The highest BCUT2D eigenvalue weighted by atomic mass is 79.9. The molecule has 7 heteroatoms. The Balaban J connectivity index is 1.81. The third-order valence-corrected chi connectivity index (χ3v) is 5.48. The molecular formula is C21H18BrFN4O. The summed E-state index contributed by atoms with van der Waals surface area (Å²) < 4.78 is 14.4. The van der Waals surface area contributed by atoms with E-state index in [9.17, 15) is 9.50 Å². The van der Waals surface area contributed by atoms with Gasteiger partial charge < -0.3 is 5.11 Å². The molecule has 0 spiro atoms. The Morgan fingerprint density at radius 2 is 1.93 bits per heavy atom. The Labute approximate surface area is 169 Å². The molecular weight excluding hydrogens is 423 g/mol. The smallest absolute Gasteiger partial charge is 0.151 e. The van der Waals surface area contributed by atoms with Crippen LogP contribution in [-0.4, -0.2) is 25.3 Å². The van der Waals surface area contributed by atoms with Crippen LogP contribution in [0.4, 0.5) is 4.39 Å². The lowest BCUT2D eigenvalue weighted by Gasteiger charge is -2.33. The number of hydrogen-bond donors (Lipinski definition) is 2. The summed E-state index contributed by atoms with van der Waals surface area (Å²) in [4.78, 5) is 8.99. The molecule has 0 saturated carbocycles. The van der Waals surface area contributed by atoms with Crippen LogP contribution < -0.4 is 0 Å². The first-order chi connectivity index (χ1) is 13.4. The van der Waals surface area contributed by atoms with Gasteiger partial charge in [-0.2, -0.15) is 5.10 Å². The van der Waals surface area contributed by atoms with Gasteiger partial charge in [0.2, 0.25) is 0 Å². The maximum Gasteiger partial charge on any atom is 0.151 e. The van der Waals surface area contributed by atoms with E-state index in [0.29, 0.717) is 23.5 Å². The van der Waals surface area contributed by atoms with Gasteiger partial charge in [0, 0.05) is 27.9 Å². The van der Waals surface area contributed by atoms with Crippen molar-refractivity contribution in [2.24, 2.45) is 0 Å². The van der Waals surface area contributed by atoms with E-state index in [2.05, 4.69) is 31.1 Å². The van der Waals surface area contributed by atoms with Crippen LogP contribution in [0.3, 0.4) is 0 Å². The third-order valence-electron chi connectivity index (χ3n) is 4.99. The summed E-state index contributed by atoms with van der Waals surface area (Å²) in [6.45, 7) is 1.71. The number of hydrogen-bond acceptors (Lipinski definition) is 4. The summed E-state index contributed by atoms with van der Waals surface area (Å²) in [5.74, 6) is -0.202. The third kappa shape index (κ3) is 3.68. The zero-order chi connectivity index (χ0) is 19.7. The van der Waals surface area contributed by atoms with E-state index in [1.807, 2.05) is 30.3 Å². The molecule has 0 aliphatic heterocycles. The number of aromatic nitrogens is 4. The van der Waals surface area contributed by atoms with Gasteiger partial charge in [-0.05, 0) is 48.9 Å². The van der Waals surface area contributed by atoms with E-state index in [4.69, 9.17) is 4.98 Å². The van der Waals surface area contributed by atoms with Crippen LogP contribution in [-0.2, 0) is 12.0 Å². The molecule has 0 amide bonds. The van der Waals surface area contributed by atoms with E-state index in [1.54, 1.807) is 19.1 Å². The minimum Gasteiger partial charge on any atom is -0.385 e. The predicted octanol–water partition coefficient (Wildman–Crippen LogP) is 4.49. The first-order valence-corrected chi connectivity index (χ1v) is 9.62. The van der Waals surface area contributed by atoms with Crippen LogP contribution in [0, 0.1) is 5.82 Å². The van der Waals surface area contributed by atoms with Gasteiger partial charge in [0.05, 0.1) is 11.1 Å². The molecule has 28 heavy (non-hydrogen) atoms. The molecule has 4 rings (SSSR count). The molecule has 2 N–H and O–H groups in total. The minimum atomic E-state index is -1.30. The van der Waals surface area contributed by atoms with Crippen molar-refractivity contribution in [3.05, 3.63) is 88.3 Å². The number of rotatable bonds is 5. The molecule has 5 nitrogen and oxygen atoms in total. The zero-order valence-electron chi connectivity index (χ0n) is 15.1. The fourth-order valence-electron chi connectivity index (χ4n) is 3.40. The lowest BCUT2D eigenvalue weighted by molar-refractivity contribution is 0.0243. The topological polar surface area (TPSA) is 74.7 Å². The van der Waals surface area contributed by atoms with Gasteiger partial charge in [-0.25, -0.2) is 9.37 Å². The average Bonchev–Trinajstić information content (AvgIpc) is 3.19. The van der Waals surface area contributed by atoms with Crippen molar-refractivity contribution in [2.45, 2.75) is 24.9 Å². The number of H-pyrrole nitrogens is 1. The van der Waals surface area contributed by atoms with Gasteiger partial charge >= 0.3 is 0 Å². The van der Waals surface area contributed by atoms with Gasteiger partial charge in [0.15, 0.2) is 5.82 Å². The molecule has 2 aromatic heterocycles. The van der Waals surface area contributed by atoms with Crippen LogP contribution in [0.2, 0.25) is 0 Å². The number of nitrogens with zero attached hydrogens (tertiary/aromatic N) is 3. The number of benzene rings is 2. The summed E-state index contributed by atoms with van der Waals surface area (Å²) in [6, 6.07) is 15.6. The van der Waals surface area contributed by atoms with Crippen molar-refractivity contribution in [3.63, 3.8) is 0 Å². The van der Waals surface area contributed by atoms with Crippen LogP contribution in [0.1, 0.15) is 29.9 Å². The van der Waals surface area contributed by atoms with Crippen molar-refractivity contribution in [3.8, 4) is 0 Å². The van der Waals surface area contributed by atoms with Gasteiger partial charge in [-0.3, -0.25) is 10.1 Å². The largest absolute Gasteiger partial charge is 0.385 e. The number of aromatic amines is 1. The molecule has 0 fully saturated rings. The highest BCUT2D eigenvalue weighted by Gasteiger charge is 2.37. The van der Waals surface area contributed by atoms with Crippen LogP contribution in [0.15, 0.2) is 65.4 Å². The first-order valence-electron chi connectivity index (χ1n) is 8.83. The number of nitrogens with one attached hydrogen (secondary N) is 1. The van der Waals surface area contributed by atoms with Crippen LogP contribution in [0.25, 0.3) is 10.9 Å². The maximum atomic E-state index is 13.4. The van der Waals surface area contributed by atoms with Gasteiger partial charge in [0.1, 0.15) is 12.1 Å². The Hall–Kier alpha value is -2.64. The highest BCUT2D eigenvalue weighted by Crippen LogP contribution is 2.38. The zero-order valence-corrected chi connectivity index (χ0v) is 16.7. The fraction of sp³-hybridized carbons (Fsp3) is 0.190. The van der Waals surface area contributed by atoms with Gasteiger partial charge in [-0.1, -0.05) is 34.1 Å². The Bertz CT molecular complexity index is 1100. The SMILES string of the molecule is CC(O)(c1ccc(F)cc1)C(Cc1nc[nH]n1)c1ccc2cc(Br)ccc2n1. The minimum absolute atomic E-state index is 0.348. The first kappa shape index (κ1) is 18.7. The number of aliphatic hydroxyl groups is 1. The molecule has 0 aliphatic carbocycles. The van der Waals surface area contributed by atoms with Crippen LogP contribution >= 0.6 is 15.9 Å².